The molecule has 1 heterocycles. The molecule has 4 heteroatoms. The van der Waals surface area contributed by atoms with Crippen LogP contribution in [0.15, 0.2) is 4.90 Å². The molecule has 3 nitrogen and oxygen atoms in total. The van der Waals surface area contributed by atoms with Gasteiger partial charge >= 0.3 is 5.97 Å². The molecule has 0 unspecified atom stereocenters. The van der Waals surface area contributed by atoms with Crippen LogP contribution < -0.4 is 4.74 Å². The minimum absolute atomic E-state index is 0.181. The molecule has 1 aliphatic carbocycles. The van der Waals surface area contributed by atoms with Gasteiger partial charge in [-0.3, -0.25) is 9.69 Å². The number of rotatable bonds is 3. The van der Waals surface area contributed by atoms with Crippen LogP contribution in [0.4, 0.5) is 0 Å². The van der Waals surface area contributed by atoms with E-state index in [9.17, 15) is 4.79 Å². The fraction of sp³-hybridized carbons (Fsp3) is 0.632. The smallest absolute Gasteiger partial charge is 0.325 e. The van der Waals surface area contributed by atoms with Crippen LogP contribution in [0.2, 0.25) is 0 Å². The van der Waals surface area contributed by atoms with Gasteiger partial charge in [0.1, 0.15) is 5.75 Å². The summed E-state index contributed by atoms with van der Waals surface area (Å²) in [4.78, 5) is 15.4. The second-order valence-corrected chi connectivity index (χ2v) is 8.84. The fourth-order valence-corrected chi connectivity index (χ4v) is 5.51. The van der Waals surface area contributed by atoms with E-state index < -0.39 is 0 Å². The summed E-state index contributed by atoms with van der Waals surface area (Å²) in [7, 11) is 3.77. The lowest BCUT2D eigenvalue weighted by Crippen LogP contribution is -2.36. The van der Waals surface area contributed by atoms with Crippen molar-refractivity contribution < 1.29 is 9.53 Å². The standard InChI is InChI=1S/C19H27NO2S/c1-12-13(2)18-15(7-10-19(23-18)8-6-9-19)14(3)17(12)22-16(21)11-20(4)5/h6-11H2,1-5H3. The van der Waals surface area contributed by atoms with Crippen molar-refractivity contribution in [2.45, 2.75) is 62.5 Å². The SMILES string of the molecule is Cc1c(C)c2c(c(C)c1OC(=O)CN(C)C)CCC1(CCC1)S2. The third-order valence-electron chi connectivity index (χ3n) is 5.39. The molecule has 0 radical (unpaired) electrons. The molecule has 1 saturated carbocycles. The maximum Gasteiger partial charge on any atom is 0.325 e. The second kappa shape index (κ2) is 6.14. The number of fused-ring (bicyclic) bond motifs is 1. The molecular weight excluding hydrogens is 306 g/mol. The molecule has 1 aliphatic heterocycles. The number of hydrogen-bond donors (Lipinski definition) is 0. The number of benzene rings is 1. The van der Waals surface area contributed by atoms with Crippen LogP contribution in [0.3, 0.4) is 0 Å². The van der Waals surface area contributed by atoms with Gasteiger partial charge in [-0.1, -0.05) is 6.42 Å². The van der Waals surface area contributed by atoms with Gasteiger partial charge in [0, 0.05) is 9.64 Å². The molecule has 0 N–H and O–H groups in total. The van der Waals surface area contributed by atoms with E-state index in [0.717, 1.165) is 23.3 Å². The topological polar surface area (TPSA) is 29.5 Å². The summed E-state index contributed by atoms with van der Waals surface area (Å²) in [6, 6.07) is 0. The van der Waals surface area contributed by atoms with Gasteiger partial charge in [-0.25, -0.2) is 0 Å². The maximum atomic E-state index is 12.1. The van der Waals surface area contributed by atoms with Gasteiger partial charge in [-0.2, -0.15) is 0 Å². The Labute approximate surface area is 143 Å². The number of hydrogen-bond acceptors (Lipinski definition) is 4. The molecule has 1 fully saturated rings. The zero-order chi connectivity index (χ0) is 16.8. The second-order valence-electron chi connectivity index (χ2n) is 7.36. The maximum absolute atomic E-state index is 12.1. The molecule has 2 aliphatic rings. The Morgan fingerprint density at radius 3 is 2.39 bits per heavy atom. The van der Waals surface area contributed by atoms with Crippen LogP contribution in [0.5, 0.6) is 5.75 Å². The highest BCUT2D eigenvalue weighted by atomic mass is 32.2. The monoisotopic (exact) mass is 333 g/mol. The molecule has 1 aromatic rings. The number of thioether (sulfide) groups is 1. The summed E-state index contributed by atoms with van der Waals surface area (Å²) in [6.45, 7) is 6.70. The van der Waals surface area contributed by atoms with Crippen molar-refractivity contribution in [1.29, 1.82) is 0 Å². The average Bonchev–Trinajstić information content (AvgIpc) is 2.46. The lowest BCUT2D eigenvalue weighted by atomic mass is 9.79. The third kappa shape index (κ3) is 3.03. The molecule has 0 atom stereocenters. The first-order valence-electron chi connectivity index (χ1n) is 8.50. The fourth-order valence-electron chi connectivity index (χ4n) is 3.70. The van der Waals surface area contributed by atoms with Gasteiger partial charge in [0.15, 0.2) is 0 Å². The quantitative estimate of drug-likeness (QED) is 0.617. The van der Waals surface area contributed by atoms with E-state index in [0.29, 0.717) is 11.3 Å². The number of carbonyl (C=O) groups is 1. The number of ether oxygens (including phenoxy) is 1. The lowest BCUT2D eigenvalue weighted by Gasteiger charge is -2.45. The van der Waals surface area contributed by atoms with E-state index in [2.05, 4.69) is 32.5 Å². The van der Waals surface area contributed by atoms with Gasteiger partial charge in [0.25, 0.3) is 0 Å². The number of carbonyl (C=O) groups excluding carboxylic acids is 1. The van der Waals surface area contributed by atoms with E-state index >= 15 is 0 Å². The van der Waals surface area contributed by atoms with E-state index in [1.165, 1.54) is 41.7 Å². The molecule has 0 aromatic heterocycles. The minimum Gasteiger partial charge on any atom is -0.425 e. The largest absolute Gasteiger partial charge is 0.425 e. The molecule has 1 spiro atoms. The van der Waals surface area contributed by atoms with Gasteiger partial charge in [0.05, 0.1) is 6.54 Å². The molecule has 0 amide bonds. The Hall–Kier alpha value is -1.000. The Balaban J connectivity index is 1.94. The van der Waals surface area contributed by atoms with Crippen molar-refractivity contribution in [2.24, 2.45) is 0 Å². The molecule has 1 aromatic carbocycles. The first kappa shape index (κ1) is 16.8. The number of nitrogens with zero attached hydrogens (tertiary/aromatic N) is 1. The number of likely N-dealkylation sites (N-methyl/N-ethyl adjacent to an activating group) is 1. The van der Waals surface area contributed by atoms with Crippen LogP contribution in [0.25, 0.3) is 0 Å². The predicted molar refractivity (Wildman–Crippen MR) is 95.6 cm³/mol. The van der Waals surface area contributed by atoms with Crippen molar-refractivity contribution in [2.75, 3.05) is 20.6 Å². The Kier molecular flexibility index (Phi) is 4.49. The molecule has 23 heavy (non-hydrogen) atoms. The van der Waals surface area contributed by atoms with E-state index in [-0.39, 0.29) is 5.97 Å². The average molecular weight is 333 g/mol. The Morgan fingerprint density at radius 1 is 1.13 bits per heavy atom. The summed E-state index contributed by atoms with van der Waals surface area (Å²) in [5.41, 5.74) is 4.99. The zero-order valence-electron chi connectivity index (χ0n) is 14.9. The van der Waals surface area contributed by atoms with E-state index in [1.807, 2.05) is 19.0 Å². The summed E-state index contributed by atoms with van der Waals surface area (Å²) in [6.07, 6.45) is 6.47. The molecule has 3 rings (SSSR count). The summed E-state index contributed by atoms with van der Waals surface area (Å²) in [5, 5.41) is 0. The van der Waals surface area contributed by atoms with Gasteiger partial charge in [0.2, 0.25) is 0 Å². The van der Waals surface area contributed by atoms with E-state index in [4.69, 9.17) is 4.74 Å². The first-order valence-corrected chi connectivity index (χ1v) is 9.32. The normalized spacial score (nSPS) is 18.7. The predicted octanol–water partition coefficient (Wildman–Crippen LogP) is 4.04. The van der Waals surface area contributed by atoms with Crippen LogP contribution in [-0.2, 0) is 11.2 Å². The van der Waals surface area contributed by atoms with Crippen LogP contribution in [0, 0.1) is 20.8 Å². The van der Waals surface area contributed by atoms with Gasteiger partial charge in [-0.15, -0.1) is 11.8 Å². The van der Waals surface area contributed by atoms with Crippen LogP contribution in [-0.4, -0.2) is 36.3 Å². The van der Waals surface area contributed by atoms with Crippen LogP contribution in [0.1, 0.15) is 47.9 Å². The van der Waals surface area contributed by atoms with Crippen LogP contribution >= 0.6 is 11.8 Å². The Bertz CT molecular complexity index is 648. The summed E-state index contributed by atoms with van der Waals surface area (Å²) in [5.74, 6) is 0.609. The van der Waals surface area contributed by atoms with Gasteiger partial charge < -0.3 is 4.74 Å². The molecule has 0 bridgehead atoms. The molecule has 126 valence electrons. The summed E-state index contributed by atoms with van der Waals surface area (Å²) < 4.78 is 6.24. The van der Waals surface area contributed by atoms with Crippen molar-refractivity contribution >= 4 is 17.7 Å². The minimum atomic E-state index is -0.181. The third-order valence-corrected chi connectivity index (χ3v) is 7.19. The molecule has 0 saturated heterocycles. The van der Waals surface area contributed by atoms with Crippen molar-refractivity contribution in [3.05, 3.63) is 22.3 Å². The highest BCUT2D eigenvalue weighted by Gasteiger charge is 2.42. The van der Waals surface area contributed by atoms with Crippen molar-refractivity contribution in [3.63, 3.8) is 0 Å². The molecular formula is C19H27NO2S. The highest BCUT2D eigenvalue weighted by molar-refractivity contribution is 8.00. The van der Waals surface area contributed by atoms with E-state index in [1.54, 1.807) is 0 Å². The summed E-state index contributed by atoms with van der Waals surface area (Å²) >= 11 is 2.09. The van der Waals surface area contributed by atoms with Crippen molar-refractivity contribution in [1.82, 2.24) is 4.90 Å². The lowest BCUT2D eigenvalue weighted by molar-refractivity contribution is -0.135. The van der Waals surface area contributed by atoms with Crippen molar-refractivity contribution in [3.8, 4) is 5.75 Å². The first-order chi connectivity index (χ1) is 10.8. The zero-order valence-corrected chi connectivity index (χ0v) is 15.7. The Morgan fingerprint density at radius 2 is 1.83 bits per heavy atom. The number of esters is 1. The highest BCUT2D eigenvalue weighted by Crippen LogP contribution is 2.56. The van der Waals surface area contributed by atoms with Gasteiger partial charge in [-0.05, 0) is 82.8 Å².